The number of thiophene rings is 1. The Hall–Kier alpha value is -3.23. The molecule has 0 spiro atoms. The Morgan fingerprint density at radius 1 is 1.15 bits per heavy atom. The molecule has 0 aliphatic carbocycles. The molecule has 1 aromatic carbocycles. The molecule has 0 unspecified atom stereocenters. The highest BCUT2D eigenvalue weighted by Gasteiger charge is 2.24. The summed E-state index contributed by atoms with van der Waals surface area (Å²) in [5.41, 5.74) is 2.65. The smallest absolute Gasteiger partial charge is 0.256 e. The normalized spacial score (nSPS) is 13.6. The molecule has 5 rings (SSSR count). The molecule has 9 heteroatoms. The zero-order valence-electron chi connectivity index (χ0n) is 18.0. The summed E-state index contributed by atoms with van der Waals surface area (Å²) in [6, 6.07) is 10.7. The molecule has 4 aromatic rings. The summed E-state index contributed by atoms with van der Waals surface area (Å²) in [7, 11) is 0. The Morgan fingerprint density at radius 3 is 2.70 bits per heavy atom. The van der Waals surface area contributed by atoms with Crippen LogP contribution in [0.1, 0.15) is 40.5 Å². The lowest BCUT2D eigenvalue weighted by molar-refractivity contribution is 0.0794. The highest BCUT2D eigenvalue weighted by Crippen LogP contribution is 2.30. The van der Waals surface area contributed by atoms with Gasteiger partial charge in [-0.05, 0) is 55.5 Å². The van der Waals surface area contributed by atoms with Gasteiger partial charge in [0.05, 0.1) is 39.0 Å². The SMILES string of the molecule is CCn1ncc2c(C(=O)Nc3ccc(Cl)cc3C(=O)N3CCCC3)cc(-c3cccs3)nc21. The highest BCUT2D eigenvalue weighted by molar-refractivity contribution is 7.13. The second-order valence-corrected chi connectivity index (χ2v) is 9.26. The third-order valence-corrected chi connectivity index (χ3v) is 6.91. The first-order chi connectivity index (χ1) is 16.0. The molecule has 3 aromatic heterocycles. The maximum Gasteiger partial charge on any atom is 0.256 e. The van der Waals surface area contributed by atoms with Gasteiger partial charge in [0.25, 0.3) is 11.8 Å². The predicted octanol–water partition coefficient (Wildman–Crippen LogP) is 5.32. The first kappa shape index (κ1) is 21.6. The Bertz CT molecular complexity index is 1340. The molecule has 1 saturated heterocycles. The molecular weight excluding hydrogens is 458 g/mol. The molecule has 0 atom stereocenters. The first-order valence-corrected chi connectivity index (χ1v) is 12.1. The molecule has 0 saturated carbocycles. The number of amides is 2. The molecule has 7 nitrogen and oxygen atoms in total. The molecule has 1 aliphatic rings. The Kier molecular flexibility index (Phi) is 5.86. The van der Waals surface area contributed by atoms with Crippen LogP contribution in [0.15, 0.2) is 48.0 Å². The van der Waals surface area contributed by atoms with E-state index < -0.39 is 0 Å². The number of carbonyl (C=O) groups is 2. The summed E-state index contributed by atoms with van der Waals surface area (Å²) in [6.45, 7) is 4.04. The number of carbonyl (C=O) groups excluding carboxylic acids is 2. The molecule has 2 amide bonds. The third kappa shape index (κ3) is 4.12. The number of benzene rings is 1. The second-order valence-electron chi connectivity index (χ2n) is 7.87. The molecule has 168 valence electrons. The fourth-order valence-electron chi connectivity index (χ4n) is 4.10. The van der Waals surface area contributed by atoms with Crippen LogP contribution in [0, 0.1) is 0 Å². The maximum atomic E-state index is 13.5. The summed E-state index contributed by atoms with van der Waals surface area (Å²) >= 11 is 7.75. The van der Waals surface area contributed by atoms with Crippen LogP contribution in [0.3, 0.4) is 0 Å². The summed E-state index contributed by atoms with van der Waals surface area (Å²) in [5, 5.41) is 10.4. The molecule has 0 bridgehead atoms. The number of halogens is 1. The monoisotopic (exact) mass is 479 g/mol. The average molecular weight is 480 g/mol. The van der Waals surface area contributed by atoms with Gasteiger partial charge < -0.3 is 10.2 Å². The van der Waals surface area contributed by atoms with E-state index in [1.807, 2.05) is 24.4 Å². The minimum Gasteiger partial charge on any atom is -0.339 e. The lowest BCUT2D eigenvalue weighted by Gasteiger charge is -2.18. The summed E-state index contributed by atoms with van der Waals surface area (Å²) in [6.07, 6.45) is 3.63. The summed E-state index contributed by atoms with van der Waals surface area (Å²) < 4.78 is 1.77. The quantitative estimate of drug-likeness (QED) is 0.420. The Morgan fingerprint density at radius 2 is 1.97 bits per heavy atom. The van der Waals surface area contributed by atoms with Crippen LogP contribution in [0.2, 0.25) is 5.02 Å². The van der Waals surface area contributed by atoms with E-state index >= 15 is 0 Å². The van der Waals surface area contributed by atoms with Gasteiger partial charge in [0, 0.05) is 24.7 Å². The van der Waals surface area contributed by atoms with E-state index in [2.05, 4.69) is 10.4 Å². The number of likely N-dealkylation sites (tertiary alicyclic amines) is 1. The van der Waals surface area contributed by atoms with Crippen LogP contribution in [-0.2, 0) is 6.54 Å². The first-order valence-electron chi connectivity index (χ1n) is 10.9. The van der Waals surface area contributed by atoms with Crippen LogP contribution in [0.25, 0.3) is 21.6 Å². The number of aryl methyl sites for hydroxylation is 1. The minimum atomic E-state index is -0.325. The van der Waals surface area contributed by atoms with Gasteiger partial charge in [0.2, 0.25) is 0 Å². The van der Waals surface area contributed by atoms with Gasteiger partial charge >= 0.3 is 0 Å². The summed E-state index contributed by atoms with van der Waals surface area (Å²) in [5.74, 6) is -0.447. The second kappa shape index (κ2) is 8.96. The Labute approximate surface area is 200 Å². The van der Waals surface area contributed by atoms with Crippen molar-refractivity contribution in [2.45, 2.75) is 26.3 Å². The number of anilines is 1. The van der Waals surface area contributed by atoms with Crippen molar-refractivity contribution < 1.29 is 9.59 Å². The largest absolute Gasteiger partial charge is 0.339 e. The number of hydrogen-bond donors (Lipinski definition) is 1. The highest BCUT2D eigenvalue weighted by atomic mass is 35.5. The number of aromatic nitrogens is 3. The molecule has 1 aliphatic heterocycles. The number of pyridine rings is 1. The number of nitrogens with zero attached hydrogens (tertiary/aromatic N) is 4. The molecule has 1 fully saturated rings. The van der Waals surface area contributed by atoms with E-state index in [1.165, 1.54) is 0 Å². The van der Waals surface area contributed by atoms with E-state index in [9.17, 15) is 9.59 Å². The van der Waals surface area contributed by atoms with Crippen molar-refractivity contribution in [1.29, 1.82) is 0 Å². The number of fused-ring (bicyclic) bond motifs is 1. The zero-order valence-corrected chi connectivity index (χ0v) is 19.6. The standard InChI is InChI=1S/C24H22ClN5O2S/c1-2-30-22-18(14-26-30)16(13-20(27-22)21-6-5-11-33-21)23(31)28-19-8-7-15(25)12-17(19)24(32)29-9-3-4-10-29/h5-8,11-14H,2-4,9-10H2,1H3,(H,28,31). The molecule has 4 heterocycles. The van der Waals surface area contributed by atoms with Crippen molar-refractivity contribution in [3.05, 3.63) is 64.1 Å². The topological polar surface area (TPSA) is 80.1 Å². The lowest BCUT2D eigenvalue weighted by Crippen LogP contribution is -2.29. The molecule has 1 N–H and O–H groups in total. The van der Waals surface area contributed by atoms with Gasteiger partial charge in [-0.3, -0.25) is 9.59 Å². The number of rotatable bonds is 5. The minimum absolute atomic E-state index is 0.122. The summed E-state index contributed by atoms with van der Waals surface area (Å²) in [4.78, 5) is 34.1. The lowest BCUT2D eigenvalue weighted by atomic mass is 10.1. The third-order valence-electron chi connectivity index (χ3n) is 5.78. The van der Waals surface area contributed by atoms with Crippen LogP contribution < -0.4 is 5.32 Å². The van der Waals surface area contributed by atoms with Crippen LogP contribution in [-0.4, -0.2) is 44.6 Å². The van der Waals surface area contributed by atoms with Gasteiger partial charge in [0.15, 0.2) is 5.65 Å². The van der Waals surface area contributed by atoms with E-state index in [0.717, 1.165) is 17.7 Å². The van der Waals surface area contributed by atoms with Crippen molar-refractivity contribution in [1.82, 2.24) is 19.7 Å². The van der Waals surface area contributed by atoms with Gasteiger partial charge in [-0.2, -0.15) is 5.10 Å². The van der Waals surface area contributed by atoms with Crippen molar-refractivity contribution >= 4 is 51.5 Å². The predicted molar refractivity (Wildman–Crippen MR) is 131 cm³/mol. The number of hydrogen-bond acceptors (Lipinski definition) is 5. The van der Waals surface area contributed by atoms with E-state index in [-0.39, 0.29) is 11.8 Å². The van der Waals surface area contributed by atoms with E-state index in [0.29, 0.717) is 58.2 Å². The van der Waals surface area contributed by atoms with E-state index in [4.69, 9.17) is 16.6 Å². The van der Waals surface area contributed by atoms with Crippen molar-refractivity contribution in [3.8, 4) is 10.6 Å². The van der Waals surface area contributed by atoms with Gasteiger partial charge in [-0.15, -0.1) is 11.3 Å². The van der Waals surface area contributed by atoms with Crippen LogP contribution >= 0.6 is 22.9 Å². The average Bonchev–Trinajstić information content (AvgIpc) is 3.60. The maximum absolute atomic E-state index is 13.5. The fraction of sp³-hybridized carbons (Fsp3) is 0.250. The van der Waals surface area contributed by atoms with Crippen molar-refractivity contribution in [2.75, 3.05) is 18.4 Å². The molecular formula is C24H22ClN5O2S. The van der Waals surface area contributed by atoms with Gasteiger partial charge in [-0.25, -0.2) is 9.67 Å². The van der Waals surface area contributed by atoms with E-state index in [1.54, 1.807) is 51.4 Å². The van der Waals surface area contributed by atoms with Crippen molar-refractivity contribution in [2.24, 2.45) is 0 Å². The molecule has 0 radical (unpaired) electrons. The van der Waals surface area contributed by atoms with Crippen LogP contribution in [0.5, 0.6) is 0 Å². The van der Waals surface area contributed by atoms with Gasteiger partial charge in [0.1, 0.15) is 0 Å². The number of nitrogens with one attached hydrogen (secondary N) is 1. The van der Waals surface area contributed by atoms with Crippen LogP contribution in [0.4, 0.5) is 5.69 Å². The molecule has 33 heavy (non-hydrogen) atoms. The zero-order chi connectivity index (χ0) is 22.9. The van der Waals surface area contributed by atoms with Gasteiger partial charge in [-0.1, -0.05) is 17.7 Å². The van der Waals surface area contributed by atoms with Crippen molar-refractivity contribution in [3.63, 3.8) is 0 Å². The fourth-order valence-corrected chi connectivity index (χ4v) is 4.96. The Balaban J connectivity index is 1.55.